The summed E-state index contributed by atoms with van der Waals surface area (Å²) >= 11 is 0. The Labute approximate surface area is 80.3 Å². The van der Waals surface area contributed by atoms with Crippen molar-refractivity contribution in [2.45, 2.75) is 41.0 Å². The summed E-state index contributed by atoms with van der Waals surface area (Å²) in [6.45, 7) is 9.15. The molecular formula is C11H20F2. The van der Waals surface area contributed by atoms with Crippen LogP contribution < -0.4 is 0 Å². The normalized spacial score (nSPS) is 14.7. The average Bonchev–Trinajstić information content (AvgIpc) is 2.19. The molecule has 0 radical (unpaired) electrons. The Morgan fingerprint density at radius 3 is 2.08 bits per heavy atom. The van der Waals surface area contributed by atoms with Crippen molar-refractivity contribution in [1.82, 2.24) is 0 Å². The van der Waals surface area contributed by atoms with Gasteiger partial charge in [0.25, 0.3) is 0 Å². The lowest BCUT2D eigenvalue weighted by molar-refractivity contribution is 0.445. The van der Waals surface area contributed by atoms with Gasteiger partial charge in [-0.3, -0.25) is 0 Å². The van der Waals surface area contributed by atoms with Gasteiger partial charge in [-0.2, -0.15) is 0 Å². The molecule has 0 N–H and O–H groups in total. The highest BCUT2D eigenvalue weighted by molar-refractivity contribution is 5.15. The molecule has 0 aromatic rings. The molecule has 0 aromatic carbocycles. The second-order valence-electron chi connectivity index (χ2n) is 2.51. The third-order valence-corrected chi connectivity index (χ3v) is 1.59. The van der Waals surface area contributed by atoms with E-state index < -0.39 is 11.7 Å². The minimum absolute atomic E-state index is 0.314. The molecule has 0 fully saturated rings. The zero-order valence-electron chi connectivity index (χ0n) is 9.20. The second kappa shape index (κ2) is 9.43. The van der Waals surface area contributed by atoms with Gasteiger partial charge in [0.1, 0.15) is 5.83 Å². The summed E-state index contributed by atoms with van der Waals surface area (Å²) in [4.78, 5) is 0. The molecule has 13 heavy (non-hydrogen) atoms. The molecule has 1 unspecified atom stereocenters. The summed E-state index contributed by atoms with van der Waals surface area (Å²) in [5, 5.41) is 0. The van der Waals surface area contributed by atoms with E-state index in [4.69, 9.17) is 0 Å². The Bertz CT molecular complexity index is 169. The quantitative estimate of drug-likeness (QED) is 0.561. The molecule has 0 saturated carbocycles. The summed E-state index contributed by atoms with van der Waals surface area (Å²) in [5.74, 6) is -1.71. The molecule has 0 rings (SSSR count). The van der Waals surface area contributed by atoms with Gasteiger partial charge in [0.05, 0.1) is 0 Å². The fourth-order valence-corrected chi connectivity index (χ4v) is 0.641. The van der Waals surface area contributed by atoms with Gasteiger partial charge in [-0.15, -0.1) is 0 Å². The van der Waals surface area contributed by atoms with Crippen molar-refractivity contribution in [3.63, 3.8) is 0 Å². The summed E-state index contributed by atoms with van der Waals surface area (Å²) in [5.41, 5.74) is 0. The lowest BCUT2D eigenvalue weighted by atomic mass is 10.1. The summed E-state index contributed by atoms with van der Waals surface area (Å²) < 4.78 is 25.5. The van der Waals surface area contributed by atoms with Crippen LogP contribution in [0, 0.1) is 5.92 Å². The molecule has 0 aliphatic rings. The number of allylic oxidation sites excluding steroid dienone is 4. The van der Waals surface area contributed by atoms with E-state index in [1.807, 2.05) is 20.8 Å². The lowest BCUT2D eigenvalue weighted by Crippen LogP contribution is -1.93. The van der Waals surface area contributed by atoms with Crippen LogP contribution in [0.25, 0.3) is 0 Å². The SMILES string of the molecule is C/C=C\C(F)=C(\F)C(C)CC.CC. The molecule has 1 atom stereocenters. The van der Waals surface area contributed by atoms with E-state index in [0.717, 1.165) is 6.08 Å². The molecule has 2 heteroatoms. The van der Waals surface area contributed by atoms with Crippen molar-refractivity contribution in [1.29, 1.82) is 0 Å². The molecule has 0 spiro atoms. The van der Waals surface area contributed by atoms with E-state index in [1.54, 1.807) is 13.8 Å². The van der Waals surface area contributed by atoms with E-state index in [2.05, 4.69) is 0 Å². The highest BCUT2D eigenvalue weighted by Crippen LogP contribution is 2.21. The Hall–Kier alpha value is -0.660. The molecule has 0 aliphatic heterocycles. The monoisotopic (exact) mass is 190 g/mol. The van der Waals surface area contributed by atoms with Crippen LogP contribution in [0.5, 0.6) is 0 Å². The largest absolute Gasteiger partial charge is 0.208 e. The summed E-state index contributed by atoms with van der Waals surface area (Å²) in [6.07, 6.45) is 3.25. The van der Waals surface area contributed by atoms with Crippen molar-refractivity contribution in [2.75, 3.05) is 0 Å². The molecule has 0 saturated heterocycles. The van der Waals surface area contributed by atoms with Gasteiger partial charge in [0, 0.05) is 5.92 Å². The van der Waals surface area contributed by atoms with Crippen LogP contribution in [0.2, 0.25) is 0 Å². The van der Waals surface area contributed by atoms with E-state index >= 15 is 0 Å². The minimum atomic E-state index is -0.748. The maximum Gasteiger partial charge on any atom is 0.154 e. The molecule has 0 heterocycles. The van der Waals surface area contributed by atoms with E-state index in [0.29, 0.717) is 6.42 Å². The minimum Gasteiger partial charge on any atom is -0.208 e. The maximum atomic E-state index is 12.8. The maximum absolute atomic E-state index is 12.8. The standard InChI is InChI=1S/C9H14F2.C2H6/c1-4-6-8(10)9(11)7(3)5-2;1-2/h4,6-7H,5H2,1-3H3;1-2H3/b6-4-,9-8-;. The van der Waals surface area contributed by atoms with E-state index in [-0.39, 0.29) is 5.92 Å². The zero-order valence-corrected chi connectivity index (χ0v) is 9.20. The first-order valence-corrected chi connectivity index (χ1v) is 4.81. The van der Waals surface area contributed by atoms with E-state index in [1.165, 1.54) is 6.08 Å². The Morgan fingerprint density at radius 1 is 1.31 bits per heavy atom. The van der Waals surface area contributed by atoms with Gasteiger partial charge in [0.15, 0.2) is 5.83 Å². The first kappa shape index (κ1) is 14.8. The number of hydrogen-bond acceptors (Lipinski definition) is 0. The van der Waals surface area contributed by atoms with Crippen LogP contribution in [0.1, 0.15) is 41.0 Å². The summed E-state index contributed by atoms with van der Waals surface area (Å²) in [7, 11) is 0. The van der Waals surface area contributed by atoms with Crippen LogP contribution in [0.15, 0.2) is 23.8 Å². The third-order valence-electron chi connectivity index (χ3n) is 1.59. The third kappa shape index (κ3) is 6.50. The molecule has 78 valence electrons. The molecule has 0 aromatic heterocycles. The van der Waals surface area contributed by atoms with Crippen molar-refractivity contribution >= 4 is 0 Å². The predicted octanol–water partition coefficient (Wildman–Crippen LogP) is 4.79. The Balaban J connectivity index is 0. The highest BCUT2D eigenvalue weighted by Gasteiger charge is 2.09. The van der Waals surface area contributed by atoms with E-state index in [9.17, 15) is 8.78 Å². The van der Waals surface area contributed by atoms with Crippen LogP contribution in [0.4, 0.5) is 8.78 Å². The number of hydrogen-bond donors (Lipinski definition) is 0. The zero-order chi connectivity index (χ0) is 10.9. The van der Waals surface area contributed by atoms with Crippen LogP contribution in [0.3, 0.4) is 0 Å². The van der Waals surface area contributed by atoms with Crippen molar-refractivity contribution in [3.8, 4) is 0 Å². The van der Waals surface area contributed by atoms with Gasteiger partial charge >= 0.3 is 0 Å². The van der Waals surface area contributed by atoms with Crippen LogP contribution >= 0.6 is 0 Å². The lowest BCUT2D eigenvalue weighted by Gasteiger charge is -2.04. The average molecular weight is 190 g/mol. The molecule has 0 bridgehead atoms. The van der Waals surface area contributed by atoms with Crippen molar-refractivity contribution < 1.29 is 8.78 Å². The fourth-order valence-electron chi connectivity index (χ4n) is 0.641. The van der Waals surface area contributed by atoms with Gasteiger partial charge in [-0.1, -0.05) is 33.8 Å². The Kier molecular flexibility index (Phi) is 10.8. The van der Waals surface area contributed by atoms with Gasteiger partial charge in [0.2, 0.25) is 0 Å². The topological polar surface area (TPSA) is 0 Å². The number of halogens is 2. The first-order chi connectivity index (χ1) is 6.13. The van der Waals surface area contributed by atoms with Gasteiger partial charge < -0.3 is 0 Å². The Morgan fingerprint density at radius 2 is 1.77 bits per heavy atom. The van der Waals surface area contributed by atoms with Crippen LogP contribution in [-0.4, -0.2) is 0 Å². The molecular weight excluding hydrogens is 170 g/mol. The van der Waals surface area contributed by atoms with Crippen LogP contribution in [-0.2, 0) is 0 Å². The predicted molar refractivity (Wildman–Crippen MR) is 54.9 cm³/mol. The van der Waals surface area contributed by atoms with Crippen molar-refractivity contribution in [2.24, 2.45) is 5.92 Å². The number of rotatable bonds is 3. The van der Waals surface area contributed by atoms with Gasteiger partial charge in [-0.05, 0) is 19.4 Å². The molecule has 0 aliphatic carbocycles. The van der Waals surface area contributed by atoms with Gasteiger partial charge in [-0.25, -0.2) is 8.78 Å². The first-order valence-electron chi connectivity index (χ1n) is 4.81. The smallest absolute Gasteiger partial charge is 0.154 e. The highest BCUT2D eigenvalue weighted by atomic mass is 19.2. The fraction of sp³-hybridized carbons (Fsp3) is 0.636. The summed E-state index contributed by atoms with van der Waals surface area (Å²) in [6, 6.07) is 0. The molecule has 0 amide bonds. The van der Waals surface area contributed by atoms with Crippen molar-refractivity contribution in [3.05, 3.63) is 23.8 Å². The molecule has 0 nitrogen and oxygen atoms in total. The second-order valence-corrected chi connectivity index (χ2v) is 2.51.